The van der Waals surface area contributed by atoms with Crippen molar-refractivity contribution in [2.24, 2.45) is 0 Å². The van der Waals surface area contributed by atoms with Crippen molar-refractivity contribution in [3.8, 4) is 10.4 Å². The maximum Gasteiger partial charge on any atom is 0.348 e. The summed E-state index contributed by atoms with van der Waals surface area (Å²) in [6, 6.07) is 3.99. The van der Waals surface area contributed by atoms with Crippen LogP contribution in [0.4, 0.5) is 5.69 Å². The zero-order valence-corrected chi connectivity index (χ0v) is 15.1. The van der Waals surface area contributed by atoms with Crippen molar-refractivity contribution in [2.45, 2.75) is 13.3 Å². The lowest BCUT2D eigenvalue weighted by molar-refractivity contribution is 0.0532. The van der Waals surface area contributed by atoms with Gasteiger partial charge in [-0.2, -0.15) is 0 Å². The quantitative estimate of drug-likeness (QED) is 0.410. The van der Waals surface area contributed by atoms with Crippen LogP contribution in [0.5, 0.6) is 0 Å². The number of esters is 1. The van der Waals surface area contributed by atoms with Gasteiger partial charge in [-0.1, -0.05) is 0 Å². The molecule has 0 fully saturated rings. The highest BCUT2D eigenvalue weighted by molar-refractivity contribution is 14.2. The Labute approximate surface area is 143 Å². The first-order chi connectivity index (χ1) is 10.2. The van der Waals surface area contributed by atoms with Crippen LogP contribution < -0.4 is 4.31 Å². The summed E-state index contributed by atoms with van der Waals surface area (Å²) in [7, 11) is 1.67. The molecule has 3 heterocycles. The van der Waals surface area contributed by atoms with E-state index in [1.54, 1.807) is 15.3 Å². The third-order valence-electron chi connectivity index (χ3n) is 3.27. The number of hydrogen-bond acceptors (Lipinski definition) is 6. The Morgan fingerprint density at radius 2 is 2.48 bits per heavy atom. The molecule has 4 nitrogen and oxygen atoms in total. The van der Waals surface area contributed by atoms with Crippen molar-refractivity contribution >= 4 is 53.3 Å². The van der Waals surface area contributed by atoms with Crippen LogP contribution in [0.15, 0.2) is 24.5 Å². The Morgan fingerprint density at radius 1 is 1.62 bits per heavy atom. The van der Waals surface area contributed by atoms with Gasteiger partial charge >= 0.3 is 5.97 Å². The van der Waals surface area contributed by atoms with Crippen LogP contribution >= 0.6 is 41.7 Å². The number of thiophene rings is 1. The number of fused-ring (bicyclic) bond motifs is 3. The van der Waals surface area contributed by atoms with E-state index >= 15 is 0 Å². The Balaban J connectivity index is 2.07. The van der Waals surface area contributed by atoms with E-state index in [0.29, 0.717) is 11.5 Å². The average molecular weight is 432 g/mol. The van der Waals surface area contributed by atoms with E-state index in [-0.39, 0.29) is 5.97 Å². The lowest BCUT2D eigenvalue weighted by Gasteiger charge is -2.19. The van der Waals surface area contributed by atoms with Gasteiger partial charge in [-0.3, -0.25) is 4.98 Å². The van der Waals surface area contributed by atoms with Gasteiger partial charge in [0.15, 0.2) is 0 Å². The second-order valence-electron chi connectivity index (χ2n) is 4.50. The minimum Gasteiger partial charge on any atom is -0.462 e. The van der Waals surface area contributed by atoms with Crippen LogP contribution in [0.25, 0.3) is 10.4 Å². The molecule has 0 spiro atoms. The van der Waals surface area contributed by atoms with Crippen LogP contribution in [-0.2, 0) is 11.2 Å². The van der Waals surface area contributed by atoms with Gasteiger partial charge in [0.2, 0.25) is 0 Å². The number of hydrogen-bond donors (Lipinski definition) is 0. The summed E-state index contributed by atoms with van der Waals surface area (Å²) in [6.45, 7) is 3.13. The SMILES string of the molecule is CCOC(=O)c1cc2c(s1)-c1ccncc1N(SI)CC2. The minimum atomic E-state index is -0.230. The molecule has 2 aromatic rings. The fraction of sp³-hybridized carbons (Fsp3) is 0.286. The fourth-order valence-corrected chi connectivity index (χ4v) is 5.08. The molecular formula is C14H13IN2O2S2. The maximum atomic E-state index is 11.9. The van der Waals surface area contributed by atoms with Gasteiger partial charge in [0, 0.05) is 53.5 Å². The highest BCUT2D eigenvalue weighted by Gasteiger charge is 2.24. The Morgan fingerprint density at radius 3 is 3.24 bits per heavy atom. The normalized spacial score (nSPS) is 13.3. The molecule has 0 atom stereocenters. The van der Waals surface area contributed by atoms with E-state index in [2.05, 4.69) is 30.5 Å². The van der Waals surface area contributed by atoms with Crippen molar-refractivity contribution in [3.05, 3.63) is 35.0 Å². The van der Waals surface area contributed by atoms with Gasteiger partial charge in [-0.05, 0) is 31.0 Å². The average Bonchev–Trinajstić information content (AvgIpc) is 2.87. The number of pyridine rings is 1. The third kappa shape index (κ3) is 2.91. The van der Waals surface area contributed by atoms with Crippen LogP contribution in [0.2, 0.25) is 0 Å². The Kier molecular flexibility index (Phi) is 4.70. The number of carbonyl (C=O) groups excluding carboxylic acids is 1. The van der Waals surface area contributed by atoms with Gasteiger partial charge in [-0.15, -0.1) is 11.3 Å². The summed E-state index contributed by atoms with van der Waals surface area (Å²) in [5.74, 6) is -0.230. The lowest BCUT2D eigenvalue weighted by Crippen LogP contribution is -2.14. The molecule has 0 amide bonds. The molecule has 1 aliphatic rings. The summed E-state index contributed by atoms with van der Waals surface area (Å²) in [5, 5.41) is 0. The van der Waals surface area contributed by atoms with Crippen LogP contribution in [-0.4, -0.2) is 24.1 Å². The number of rotatable bonds is 3. The summed E-state index contributed by atoms with van der Waals surface area (Å²) in [6.07, 6.45) is 4.60. The van der Waals surface area contributed by atoms with E-state index in [0.717, 1.165) is 29.1 Å². The van der Waals surface area contributed by atoms with Gasteiger partial charge in [0.05, 0.1) is 18.5 Å². The first-order valence-electron chi connectivity index (χ1n) is 6.55. The number of carbonyl (C=O) groups is 1. The first kappa shape index (κ1) is 15.1. The largest absolute Gasteiger partial charge is 0.462 e. The minimum absolute atomic E-state index is 0.230. The number of nitrogens with zero attached hydrogens (tertiary/aromatic N) is 2. The number of ether oxygens (including phenoxy) is 1. The van der Waals surface area contributed by atoms with Gasteiger partial charge in [0.25, 0.3) is 0 Å². The number of aromatic nitrogens is 1. The lowest BCUT2D eigenvalue weighted by atomic mass is 10.1. The zero-order valence-electron chi connectivity index (χ0n) is 11.3. The molecule has 0 aliphatic carbocycles. The van der Waals surface area contributed by atoms with E-state index in [4.69, 9.17) is 4.74 Å². The summed E-state index contributed by atoms with van der Waals surface area (Å²) < 4.78 is 7.35. The van der Waals surface area contributed by atoms with Crippen molar-refractivity contribution in [3.63, 3.8) is 0 Å². The molecule has 0 aromatic carbocycles. The summed E-state index contributed by atoms with van der Waals surface area (Å²) in [5.41, 5.74) is 3.46. The molecule has 2 aromatic heterocycles. The monoisotopic (exact) mass is 432 g/mol. The second-order valence-corrected chi connectivity index (χ2v) is 7.31. The molecule has 0 unspecified atom stereocenters. The molecule has 0 radical (unpaired) electrons. The molecule has 3 rings (SSSR count). The van der Waals surface area contributed by atoms with E-state index < -0.39 is 0 Å². The molecule has 0 N–H and O–H groups in total. The molecule has 1 aliphatic heterocycles. The van der Waals surface area contributed by atoms with Crippen molar-refractivity contribution < 1.29 is 9.53 Å². The van der Waals surface area contributed by atoms with Crippen LogP contribution in [0, 0.1) is 0 Å². The molecule has 7 heteroatoms. The standard InChI is InChI=1S/C14H13IN2O2S2/c1-2-19-14(18)12-7-9-4-6-17(21-15)11-8-16-5-3-10(11)13(9)20-12/h3,5,7-8H,2,4,6H2,1H3. The van der Waals surface area contributed by atoms with E-state index in [9.17, 15) is 4.79 Å². The van der Waals surface area contributed by atoms with Crippen LogP contribution in [0.1, 0.15) is 22.2 Å². The summed E-state index contributed by atoms with van der Waals surface area (Å²) in [4.78, 5) is 18.0. The highest BCUT2D eigenvalue weighted by Crippen LogP contribution is 2.43. The molecule has 110 valence electrons. The molecule has 0 saturated heterocycles. The number of halogens is 1. The Hall–Kier alpha value is -0.800. The predicted octanol–water partition coefficient (Wildman–Crippen LogP) is 4.35. The van der Waals surface area contributed by atoms with Crippen molar-refractivity contribution in [1.82, 2.24) is 4.98 Å². The van der Waals surface area contributed by atoms with Gasteiger partial charge < -0.3 is 9.04 Å². The zero-order chi connectivity index (χ0) is 14.8. The van der Waals surface area contributed by atoms with Crippen LogP contribution in [0.3, 0.4) is 0 Å². The predicted molar refractivity (Wildman–Crippen MR) is 96.2 cm³/mol. The number of anilines is 1. The highest BCUT2D eigenvalue weighted by atomic mass is 127. The summed E-state index contributed by atoms with van der Waals surface area (Å²) >= 11 is 3.80. The topological polar surface area (TPSA) is 42.4 Å². The third-order valence-corrected chi connectivity index (χ3v) is 6.43. The van der Waals surface area contributed by atoms with Gasteiger partial charge in [0.1, 0.15) is 4.88 Å². The maximum absolute atomic E-state index is 11.9. The molecule has 21 heavy (non-hydrogen) atoms. The van der Waals surface area contributed by atoms with E-state index in [1.807, 2.05) is 25.3 Å². The van der Waals surface area contributed by atoms with Crippen molar-refractivity contribution in [1.29, 1.82) is 0 Å². The second kappa shape index (κ2) is 6.53. The van der Waals surface area contributed by atoms with E-state index in [1.165, 1.54) is 16.9 Å². The molecular weight excluding hydrogens is 419 g/mol. The molecule has 0 bridgehead atoms. The first-order valence-corrected chi connectivity index (χ1v) is 10.7. The van der Waals surface area contributed by atoms with Gasteiger partial charge in [-0.25, -0.2) is 4.79 Å². The molecule has 0 saturated carbocycles. The Bertz CT molecular complexity index is 675. The fourth-order valence-electron chi connectivity index (χ4n) is 2.34. The van der Waals surface area contributed by atoms with Crippen molar-refractivity contribution in [2.75, 3.05) is 17.5 Å². The smallest absolute Gasteiger partial charge is 0.348 e.